The maximum absolute atomic E-state index is 6.00. The molecule has 0 atom stereocenters. The van der Waals surface area contributed by atoms with Gasteiger partial charge in [0.05, 0.1) is 18.5 Å². The summed E-state index contributed by atoms with van der Waals surface area (Å²) in [5.74, 6) is 0.902. The normalized spacial score (nSPS) is 11.0. The quantitative estimate of drug-likeness (QED) is 0.515. The first-order chi connectivity index (χ1) is 13.2. The van der Waals surface area contributed by atoms with Crippen molar-refractivity contribution in [3.05, 3.63) is 35.8 Å². The van der Waals surface area contributed by atoms with Crippen LogP contribution in [0.15, 0.2) is 24.5 Å². The lowest BCUT2D eigenvalue weighted by atomic mass is 10.2. The number of imidazole rings is 1. The van der Waals surface area contributed by atoms with Crippen LogP contribution in [0, 0.1) is 0 Å². The summed E-state index contributed by atoms with van der Waals surface area (Å²) in [4.78, 5) is 12.8. The monoisotopic (exact) mass is 371 g/mol. The number of nitrogens with zero attached hydrogens (tertiary/aromatic N) is 5. The van der Waals surface area contributed by atoms with Crippen molar-refractivity contribution in [3.63, 3.8) is 0 Å². The maximum atomic E-state index is 6.00. The fourth-order valence-corrected chi connectivity index (χ4v) is 2.49. The lowest BCUT2D eigenvalue weighted by Gasteiger charge is -2.07. The molecule has 0 spiro atoms. The number of hydrogen-bond acceptors (Lipinski definition) is 8. The summed E-state index contributed by atoms with van der Waals surface area (Å²) in [6.07, 6.45) is 6.11. The Bertz CT molecular complexity index is 864. The van der Waals surface area contributed by atoms with Crippen LogP contribution in [0.3, 0.4) is 0 Å². The first-order valence-electron chi connectivity index (χ1n) is 9.06. The van der Waals surface area contributed by atoms with Crippen LogP contribution >= 0.6 is 0 Å². The standard InChI is InChI=1S/C18H25N7O2/c1-3-4-8-27-18-23-16(19)17-22-12-14(25(17)24-18)10-13-5-6-15(21-11-13)26-9-7-20-2/h5-6,11-12,20H,3-4,7-10H2,1-2H3,(H2,19,23,24). The van der Waals surface area contributed by atoms with E-state index in [1.54, 1.807) is 16.9 Å². The molecule has 144 valence electrons. The molecule has 3 rings (SSSR count). The number of nitrogens with one attached hydrogen (secondary N) is 1. The van der Waals surface area contributed by atoms with Crippen molar-refractivity contribution >= 4 is 11.5 Å². The number of anilines is 1. The van der Waals surface area contributed by atoms with E-state index in [9.17, 15) is 0 Å². The van der Waals surface area contributed by atoms with E-state index in [0.29, 0.717) is 37.0 Å². The first kappa shape index (κ1) is 18.8. The number of rotatable bonds is 10. The number of nitrogen functional groups attached to an aromatic ring is 1. The van der Waals surface area contributed by atoms with Crippen LogP contribution in [0.25, 0.3) is 5.65 Å². The van der Waals surface area contributed by atoms with Gasteiger partial charge in [0.15, 0.2) is 11.5 Å². The Kier molecular flexibility index (Phi) is 6.37. The average molecular weight is 371 g/mol. The summed E-state index contributed by atoms with van der Waals surface area (Å²) in [5, 5.41) is 7.45. The Labute approximate surface area is 157 Å². The van der Waals surface area contributed by atoms with E-state index >= 15 is 0 Å². The number of ether oxygens (including phenoxy) is 2. The number of fused-ring (bicyclic) bond motifs is 1. The minimum Gasteiger partial charge on any atom is -0.476 e. The predicted octanol–water partition coefficient (Wildman–Crippen LogP) is 1.47. The summed E-state index contributed by atoms with van der Waals surface area (Å²) >= 11 is 0. The smallest absolute Gasteiger partial charge is 0.336 e. The highest BCUT2D eigenvalue weighted by Crippen LogP contribution is 2.17. The zero-order valence-electron chi connectivity index (χ0n) is 15.7. The largest absolute Gasteiger partial charge is 0.476 e. The van der Waals surface area contributed by atoms with Gasteiger partial charge < -0.3 is 20.5 Å². The van der Waals surface area contributed by atoms with Crippen LogP contribution in [-0.4, -0.2) is 51.4 Å². The van der Waals surface area contributed by atoms with E-state index in [2.05, 4.69) is 32.3 Å². The topological polar surface area (TPSA) is 112 Å². The second-order valence-corrected chi connectivity index (χ2v) is 6.10. The van der Waals surface area contributed by atoms with Gasteiger partial charge in [0, 0.05) is 25.2 Å². The second kappa shape index (κ2) is 9.13. The van der Waals surface area contributed by atoms with E-state index in [1.807, 2.05) is 19.2 Å². The van der Waals surface area contributed by atoms with Gasteiger partial charge in [-0.1, -0.05) is 19.4 Å². The molecular formula is C18H25N7O2. The third-order valence-corrected chi connectivity index (χ3v) is 3.95. The molecule has 0 saturated carbocycles. The summed E-state index contributed by atoms with van der Waals surface area (Å²) in [6, 6.07) is 4.10. The van der Waals surface area contributed by atoms with Crippen molar-refractivity contribution < 1.29 is 9.47 Å². The highest BCUT2D eigenvalue weighted by Gasteiger charge is 2.12. The number of hydrogen-bond donors (Lipinski definition) is 2. The Hall–Kier alpha value is -2.94. The minimum absolute atomic E-state index is 0.263. The lowest BCUT2D eigenvalue weighted by molar-refractivity contribution is 0.280. The zero-order valence-corrected chi connectivity index (χ0v) is 15.7. The van der Waals surface area contributed by atoms with Gasteiger partial charge in [0.2, 0.25) is 5.88 Å². The lowest BCUT2D eigenvalue weighted by Crippen LogP contribution is -2.16. The molecule has 9 heteroatoms. The van der Waals surface area contributed by atoms with Crippen LogP contribution in [0.1, 0.15) is 31.0 Å². The van der Waals surface area contributed by atoms with Crippen molar-refractivity contribution in [2.75, 3.05) is 32.5 Å². The SMILES string of the molecule is CCCCOc1nc(N)c2ncc(Cc3ccc(OCCNC)nc3)n2n1. The van der Waals surface area contributed by atoms with Gasteiger partial charge in [0.25, 0.3) is 0 Å². The molecule has 0 aliphatic carbocycles. The molecule has 0 aliphatic rings. The average Bonchev–Trinajstić information content (AvgIpc) is 3.07. The number of unbranched alkanes of at least 4 members (excludes halogenated alkanes) is 1. The molecule has 0 fully saturated rings. The third-order valence-electron chi connectivity index (χ3n) is 3.95. The van der Waals surface area contributed by atoms with Gasteiger partial charge in [-0.05, 0) is 19.0 Å². The van der Waals surface area contributed by atoms with Crippen LogP contribution in [-0.2, 0) is 6.42 Å². The van der Waals surface area contributed by atoms with Crippen molar-refractivity contribution in [1.29, 1.82) is 0 Å². The predicted molar refractivity (Wildman–Crippen MR) is 102 cm³/mol. The van der Waals surface area contributed by atoms with Gasteiger partial charge in [-0.25, -0.2) is 14.5 Å². The summed E-state index contributed by atoms with van der Waals surface area (Å²) in [7, 11) is 1.88. The highest BCUT2D eigenvalue weighted by atomic mass is 16.5. The van der Waals surface area contributed by atoms with Gasteiger partial charge in [-0.3, -0.25) is 0 Å². The number of pyridine rings is 1. The molecule has 0 aromatic carbocycles. The Morgan fingerprint density at radius 2 is 2.04 bits per heavy atom. The molecule has 9 nitrogen and oxygen atoms in total. The molecule has 27 heavy (non-hydrogen) atoms. The molecule has 0 radical (unpaired) electrons. The van der Waals surface area contributed by atoms with Crippen molar-refractivity contribution in [2.24, 2.45) is 0 Å². The van der Waals surface area contributed by atoms with Crippen molar-refractivity contribution in [2.45, 2.75) is 26.2 Å². The van der Waals surface area contributed by atoms with Gasteiger partial charge >= 0.3 is 6.01 Å². The van der Waals surface area contributed by atoms with Crippen LogP contribution < -0.4 is 20.5 Å². The van der Waals surface area contributed by atoms with E-state index in [-0.39, 0.29) is 6.01 Å². The first-order valence-corrected chi connectivity index (χ1v) is 9.06. The molecule has 3 aromatic rings. The number of aromatic nitrogens is 5. The Balaban J connectivity index is 1.74. The van der Waals surface area contributed by atoms with Gasteiger partial charge in [-0.15, -0.1) is 5.10 Å². The summed E-state index contributed by atoms with van der Waals surface area (Å²) in [6.45, 7) is 4.01. The zero-order chi connectivity index (χ0) is 19.1. The van der Waals surface area contributed by atoms with E-state index in [4.69, 9.17) is 15.2 Å². The highest BCUT2D eigenvalue weighted by molar-refractivity contribution is 5.59. The van der Waals surface area contributed by atoms with E-state index < -0.39 is 0 Å². The van der Waals surface area contributed by atoms with Gasteiger partial charge in [0.1, 0.15) is 6.61 Å². The van der Waals surface area contributed by atoms with Crippen LogP contribution in [0.2, 0.25) is 0 Å². The molecule has 0 unspecified atom stereocenters. The minimum atomic E-state index is 0.263. The second-order valence-electron chi connectivity index (χ2n) is 6.10. The van der Waals surface area contributed by atoms with Crippen molar-refractivity contribution in [3.8, 4) is 11.9 Å². The van der Waals surface area contributed by atoms with Crippen LogP contribution in [0.4, 0.5) is 5.82 Å². The van der Waals surface area contributed by atoms with Crippen molar-refractivity contribution in [1.82, 2.24) is 29.9 Å². The summed E-state index contributed by atoms with van der Waals surface area (Å²) in [5.41, 5.74) is 8.42. The molecule has 0 bridgehead atoms. The van der Waals surface area contributed by atoms with Crippen LogP contribution in [0.5, 0.6) is 11.9 Å². The van der Waals surface area contributed by atoms with E-state index in [1.165, 1.54) is 0 Å². The number of nitrogens with two attached hydrogens (primary N) is 1. The Morgan fingerprint density at radius 3 is 2.78 bits per heavy atom. The molecule has 3 aromatic heterocycles. The molecule has 0 aliphatic heterocycles. The summed E-state index contributed by atoms with van der Waals surface area (Å²) < 4.78 is 12.8. The fourth-order valence-electron chi connectivity index (χ4n) is 2.49. The Morgan fingerprint density at radius 1 is 1.15 bits per heavy atom. The molecule has 3 heterocycles. The molecule has 3 N–H and O–H groups in total. The maximum Gasteiger partial charge on any atom is 0.336 e. The van der Waals surface area contributed by atoms with Gasteiger partial charge in [-0.2, -0.15) is 4.98 Å². The van der Waals surface area contributed by atoms with E-state index in [0.717, 1.165) is 30.6 Å². The fraction of sp³-hybridized carbons (Fsp3) is 0.444. The number of likely N-dealkylation sites (N-methyl/N-ethyl adjacent to an activating group) is 1. The third kappa shape index (κ3) is 4.82. The molecular weight excluding hydrogens is 346 g/mol. The molecule has 0 amide bonds. The molecule has 0 saturated heterocycles.